The fraction of sp³-hybridized carbons (Fsp3) is 0.533. The molecule has 108 valence electrons. The van der Waals surface area contributed by atoms with Crippen LogP contribution in [0.4, 0.5) is 0 Å². The Bertz CT molecular complexity index is 369. The molecule has 0 spiro atoms. The second kappa shape index (κ2) is 10.8. The average Bonchev–Trinajstić information content (AvgIpc) is 2.36. The van der Waals surface area contributed by atoms with Gasteiger partial charge in [-0.3, -0.25) is 4.79 Å². The van der Waals surface area contributed by atoms with E-state index in [0.29, 0.717) is 13.0 Å². The molecule has 0 unspecified atom stereocenters. The molecule has 1 amide bonds. The second-order valence-corrected chi connectivity index (χ2v) is 4.72. The summed E-state index contributed by atoms with van der Waals surface area (Å²) >= 11 is 0. The lowest BCUT2D eigenvalue weighted by Crippen LogP contribution is -2.22. The zero-order valence-corrected chi connectivity index (χ0v) is 12.5. The van der Waals surface area contributed by atoms with E-state index in [-0.39, 0.29) is 18.3 Å². The summed E-state index contributed by atoms with van der Waals surface area (Å²) in [6.45, 7) is 3.44. The monoisotopic (exact) mass is 284 g/mol. The van der Waals surface area contributed by atoms with Crippen LogP contribution in [0.25, 0.3) is 0 Å². The summed E-state index contributed by atoms with van der Waals surface area (Å²) in [6, 6.07) is 8.21. The van der Waals surface area contributed by atoms with Crippen LogP contribution >= 0.6 is 12.4 Å². The smallest absolute Gasteiger partial charge is 0.220 e. The number of benzene rings is 1. The molecule has 0 aliphatic heterocycles. The molecule has 1 aromatic rings. The van der Waals surface area contributed by atoms with Crippen molar-refractivity contribution in [3.8, 4) is 0 Å². The van der Waals surface area contributed by atoms with Gasteiger partial charge in [0.1, 0.15) is 0 Å². The highest BCUT2D eigenvalue weighted by atomic mass is 35.5. The predicted molar refractivity (Wildman–Crippen MR) is 82.4 cm³/mol. The molecule has 0 aromatic heterocycles. The lowest BCUT2D eigenvalue weighted by molar-refractivity contribution is -0.121. The average molecular weight is 285 g/mol. The zero-order valence-electron chi connectivity index (χ0n) is 11.7. The standard InChI is InChI=1S/C15H24N2O.ClH/c1-13-7-6-8-14(11-13)12-17-15(18)9-4-2-3-5-10-16;/h6-8,11H,2-5,9-10,12,16H2,1H3,(H,17,18);1H. The van der Waals surface area contributed by atoms with Gasteiger partial charge in [0.25, 0.3) is 0 Å². The van der Waals surface area contributed by atoms with E-state index in [4.69, 9.17) is 5.73 Å². The van der Waals surface area contributed by atoms with Gasteiger partial charge in [-0.1, -0.05) is 42.7 Å². The first-order valence-electron chi connectivity index (χ1n) is 6.74. The van der Waals surface area contributed by atoms with Gasteiger partial charge >= 0.3 is 0 Å². The predicted octanol–water partition coefficient (Wildman–Crippen LogP) is 2.94. The van der Waals surface area contributed by atoms with Crippen LogP contribution in [0.1, 0.15) is 43.2 Å². The lowest BCUT2D eigenvalue weighted by Gasteiger charge is -2.06. The van der Waals surface area contributed by atoms with E-state index >= 15 is 0 Å². The van der Waals surface area contributed by atoms with E-state index in [0.717, 1.165) is 37.8 Å². The number of hydrogen-bond donors (Lipinski definition) is 2. The summed E-state index contributed by atoms with van der Waals surface area (Å²) in [5.74, 6) is 0.143. The fourth-order valence-electron chi connectivity index (χ4n) is 1.89. The largest absolute Gasteiger partial charge is 0.352 e. The second-order valence-electron chi connectivity index (χ2n) is 4.72. The third-order valence-corrected chi connectivity index (χ3v) is 2.93. The van der Waals surface area contributed by atoms with Crippen molar-refractivity contribution in [3.63, 3.8) is 0 Å². The third-order valence-electron chi connectivity index (χ3n) is 2.93. The molecule has 0 atom stereocenters. The van der Waals surface area contributed by atoms with Crippen LogP contribution in [0.5, 0.6) is 0 Å². The van der Waals surface area contributed by atoms with Gasteiger partial charge in [0.15, 0.2) is 0 Å². The Labute approximate surface area is 122 Å². The molecule has 0 fully saturated rings. The molecule has 0 aliphatic carbocycles. The van der Waals surface area contributed by atoms with E-state index in [9.17, 15) is 4.79 Å². The third kappa shape index (κ3) is 8.62. The number of rotatable bonds is 8. The molecule has 0 saturated heterocycles. The Hall–Kier alpha value is -1.06. The van der Waals surface area contributed by atoms with Crippen molar-refractivity contribution in [1.82, 2.24) is 5.32 Å². The topological polar surface area (TPSA) is 55.1 Å². The molecule has 0 radical (unpaired) electrons. The summed E-state index contributed by atoms with van der Waals surface area (Å²) in [7, 11) is 0. The molecule has 3 nitrogen and oxygen atoms in total. The minimum atomic E-state index is 0. The quantitative estimate of drug-likeness (QED) is 0.721. The Kier molecular flexibility index (Phi) is 10.2. The van der Waals surface area contributed by atoms with E-state index < -0.39 is 0 Å². The van der Waals surface area contributed by atoms with Crippen molar-refractivity contribution in [1.29, 1.82) is 0 Å². The van der Waals surface area contributed by atoms with Crippen LogP contribution in [-0.2, 0) is 11.3 Å². The Morgan fingerprint density at radius 3 is 2.63 bits per heavy atom. The minimum Gasteiger partial charge on any atom is -0.352 e. The molecule has 0 heterocycles. The van der Waals surface area contributed by atoms with Gasteiger partial charge in [-0.15, -0.1) is 12.4 Å². The van der Waals surface area contributed by atoms with Crippen LogP contribution in [-0.4, -0.2) is 12.5 Å². The fourth-order valence-corrected chi connectivity index (χ4v) is 1.89. The highest BCUT2D eigenvalue weighted by Crippen LogP contribution is 2.05. The maximum absolute atomic E-state index is 11.6. The highest BCUT2D eigenvalue weighted by Gasteiger charge is 2.01. The van der Waals surface area contributed by atoms with Crippen molar-refractivity contribution in [2.75, 3.05) is 6.54 Å². The molecule has 1 rings (SSSR count). The molecule has 0 aliphatic rings. The normalized spacial score (nSPS) is 9.79. The summed E-state index contributed by atoms with van der Waals surface area (Å²) in [6.07, 6.45) is 4.86. The van der Waals surface area contributed by atoms with E-state index in [2.05, 4.69) is 24.4 Å². The summed E-state index contributed by atoms with van der Waals surface area (Å²) in [5.41, 5.74) is 7.80. The van der Waals surface area contributed by atoms with Crippen LogP contribution < -0.4 is 11.1 Å². The lowest BCUT2D eigenvalue weighted by atomic mass is 10.1. The highest BCUT2D eigenvalue weighted by molar-refractivity contribution is 5.85. The molecule has 1 aromatic carbocycles. The molecular formula is C15H25ClN2O. The van der Waals surface area contributed by atoms with Crippen molar-refractivity contribution in [2.45, 2.75) is 45.6 Å². The Morgan fingerprint density at radius 2 is 1.95 bits per heavy atom. The number of nitrogens with one attached hydrogen (secondary N) is 1. The first-order chi connectivity index (χ1) is 8.72. The number of carbonyl (C=O) groups is 1. The number of halogens is 1. The molecular weight excluding hydrogens is 260 g/mol. The Morgan fingerprint density at radius 1 is 1.21 bits per heavy atom. The van der Waals surface area contributed by atoms with Gasteiger partial charge in [0, 0.05) is 13.0 Å². The van der Waals surface area contributed by atoms with Crippen molar-refractivity contribution >= 4 is 18.3 Å². The van der Waals surface area contributed by atoms with E-state index in [1.54, 1.807) is 0 Å². The maximum Gasteiger partial charge on any atom is 0.220 e. The number of amides is 1. The van der Waals surface area contributed by atoms with Gasteiger partial charge in [-0.2, -0.15) is 0 Å². The number of unbranched alkanes of at least 4 members (excludes halogenated alkanes) is 3. The molecule has 3 N–H and O–H groups in total. The molecule has 0 saturated carbocycles. The van der Waals surface area contributed by atoms with E-state index in [1.165, 1.54) is 5.56 Å². The summed E-state index contributed by atoms with van der Waals surface area (Å²) < 4.78 is 0. The van der Waals surface area contributed by atoms with Gasteiger partial charge in [-0.05, 0) is 31.9 Å². The number of aryl methyl sites for hydroxylation is 1. The van der Waals surface area contributed by atoms with Crippen LogP contribution in [0.2, 0.25) is 0 Å². The SMILES string of the molecule is Cc1cccc(CNC(=O)CCCCCCN)c1.Cl. The zero-order chi connectivity index (χ0) is 13.2. The summed E-state index contributed by atoms with van der Waals surface area (Å²) in [5, 5.41) is 2.95. The summed E-state index contributed by atoms with van der Waals surface area (Å²) in [4.78, 5) is 11.6. The minimum absolute atomic E-state index is 0. The first kappa shape index (κ1) is 17.9. The Balaban J connectivity index is 0.00000324. The van der Waals surface area contributed by atoms with Gasteiger partial charge < -0.3 is 11.1 Å². The maximum atomic E-state index is 11.6. The molecule has 0 bridgehead atoms. The number of hydrogen-bond acceptors (Lipinski definition) is 2. The van der Waals surface area contributed by atoms with Crippen molar-refractivity contribution in [3.05, 3.63) is 35.4 Å². The van der Waals surface area contributed by atoms with Crippen molar-refractivity contribution in [2.24, 2.45) is 5.73 Å². The van der Waals surface area contributed by atoms with E-state index in [1.807, 2.05) is 12.1 Å². The number of carbonyl (C=O) groups excluding carboxylic acids is 1. The van der Waals surface area contributed by atoms with Crippen LogP contribution in [0, 0.1) is 6.92 Å². The van der Waals surface area contributed by atoms with Crippen LogP contribution in [0.3, 0.4) is 0 Å². The van der Waals surface area contributed by atoms with Crippen molar-refractivity contribution < 1.29 is 4.79 Å². The van der Waals surface area contributed by atoms with Gasteiger partial charge in [-0.25, -0.2) is 0 Å². The first-order valence-corrected chi connectivity index (χ1v) is 6.74. The van der Waals surface area contributed by atoms with Gasteiger partial charge in [0.05, 0.1) is 0 Å². The molecule has 19 heavy (non-hydrogen) atoms. The van der Waals surface area contributed by atoms with Crippen LogP contribution in [0.15, 0.2) is 24.3 Å². The number of nitrogens with two attached hydrogens (primary N) is 1. The van der Waals surface area contributed by atoms with Gasteiger partial charge in [0.2, 0.25) is 5.91 Å². The molecule has 4 heteroatoms.